The first-order valence-electron chi connectivity index (χ1n) is 22.4. The topological polar surface area (TPSA) is 43.6 Å². The largest absolute Gasteiger partial charge is 0.416 e. The molecule has 0 N–H and O–H groups in total. The van der Waals surface area contributed by atoms with Crippen LogP contribution in [0.4, 0.5) is 65.9 Å². The fourth-order valence-corrected chi connectivity index (χ4v) is 9.08. The Morgan fingerprint density at radius 2 is 0.800 bits per heavy atom. The molecule has 19 heteroatoms. The van der Waals surface area contributed by atoms with Gasteiger partial charge in [-0.25, -0.2) is 15.0 Å². The molecule has 2 aliphatic rings. The van der Waals surface area contributed by atoms with Gasteiger partial charge < -0.3 is 4.57 Å². The van der Waals surface area contributed by atoms with E-state index in [0.717, 1.165) is 12.1 Å². The Morgan fingerprint density at radius 3 is 1.21 bits per heavy atom. The van der Waals surface area contributed by atoms with E-state index < -0.39 is 71.6 Å². The van der Waals surface area contributed by atoms with Gasteiger partial charge in [0, 0.05) is 57.1 Å². The van der Waals surface area contributed by atoms with Crippen LogP contribution in [0.2, 0.25) is 0 Å². The van der Waals surface area contributed by atoms with Gasteiger partial charge in [0.2, 0.25) is 0 Å². The first-order valence-corrected chi connectivity index (χ1v) is 22.4. The normalized spacial score (nSPS) is 16.5. The monoisotopic (exact) mass is 1040 g/mol. The number of allylic oxidation sites excluding steroid dienone is 8. The van der Waals surface area contributed by atoms with Gasteiger partial charge in [0.1, 0.15) is 0 Å². The number of hydrogen-bond donors (Lipinski definition) is 0. The summed E-state index contributed by atoms with van der Waals surface area (Å²) >= 11 is 0. The highest BCUT2D eigenvalue weighted by Gasteiger charge is 2.42. The Hall–Kier alpha value is -8.22. The van der Waals surface area contributed by atoms with Gasteiger partial charge in [-0.3, -0.25) is 0 Å². The van der Waals surface area contributed by atoms with Crippen molar-refractivity contribution in [3.05, 3.63) is 202 Å². The standard InChI is InChI=1S/C56H31F15N4/c57-52(58,59)37-15-11-30(12-16-37)46-29-42(17-20-45(46)51-73-49(31-7-3-1-4-8-31)72-50(74-51)32-9-5-2-6-10-32)75-47-25-33(35-21-38(53(60,61)62)27-39(22-35)54(63,64)65)13-18-43(47)44-19-14-34(26-48(44)75)36-23-40(55(66,67)68)28-41(24-36)56(69,70)71/h1-21,23,25-29H,22,24H2. The van der Waals surface area contributed by atoms with Crippen molar-refractivity contribution in [3.63, 3.8) is 0 Å². The first kappa shape index (κ1) is 50.3. The molecule has 0 spiro atoms. The predicted molar refractivity (Wildman–Crippen MR) is 253 cm³/mol. The Kier molecular flexibility index (Phi) is 12.3. The molecule has 0 amide bonds. The van der Waals surface area contributed by atoms with Crippen LogP contribution < -0.4 is 10.4 Å². The summed E-state index contributed by atoms with van der Waals surface area (Å²) in [4.78, 5) is 14.3. The van der Waals surface area contributed by atoms with Crippen LogP contribution in [0, 0.1) is 0 Å². The molecule has 0 atom stereocenters. The van der Waals surface area contributed by atoms with E-state index in [1.54, 1.807) is 60.7 Å². The molecule has 0 bridgehead atoms. The van der Waals surface area contributed by atoms with Gasteiger partial charge in [-0.05, 0) is 99.5 Å². The van der Waals surface area contributed by atoms with Crippen LogP contribution in [-0.2, 0) is 6.18 Å². The number of fused-ring (bicyclic) bond motifs is 3. The molecule has 6 aromatic carbocycles. The summed E-state index contributed by atoms with van der Waals surface area (Å²) in [5.41, 5.74) is -5.81. The lowest BCUT2D eigenvalue weighted by molar-refractivity contribution is -0.137. The summed E-state index contributed by atoms with van der Waals surface area (Å²) in [5.74, 6) is 0.462. The summed E-state index contributed by atoms with van der Waals surface area (Å²) in [6, 6.07) is 34.1. The number of halogens is 15. The van der Waals surface area contributed by atoms with Gasteiger partial charge in [0.25, 0.3) is 0 Å². The Labute approximate surface area is 414 Å². The fourth-order valence-electron chi connectivity index (χ4n) is 9.08. The van der Waals surface area contributed by atoms with E-state index in [-0.39, 0.29) is 84.6 Å². The molecule has 10 rings (SSSR count). The second-order valence-corrected chi connectivity index (χ2v) is 17.6. The molecule has 0 fully saturated rings. The zero-order valence-corrected chi connectivity index (χ0v) is 38.0. The van der Waals surface area contributed by atoms with Crippen molar-refractivity contribution in [2.75, 3.05) is 0 Å². The molecule has 2 aromatic heterocycles. The molecule has 0 radical (unpaired) electrons. The highest BCUT2D eigenvalue weighted by molar-refractivity contribution is 6.09. The number of aromatic nitrogens is 4. The Morgan fingerprint density at radius 1 is 0.360 bits per heavy atom. The van der Waals surface area contributed by atoms with E-state index in [0.29, 0.717) is 34.1 Å². The molecule has 0 unspecified atom stereocenters. The molecule has 0 saturated heterocycles. The van der Waals surface area contributed by atoms with Crippen molar-refractivity contribution in [1.29, 1.82) is 0 Å². The van der Waals surface area contributed by atoms with Crippen molar-refractivity contribution in [2.24, 2.45) is 0 Å². The van der Waals surface area contributed by atoms with E-state index in [9.17, 15) is 65.9 Å². The maximum atomic E-state index is 14.2. The van der Waals surface area contributed by atoms with Crippen LogP contribution >= 0.6 is 0 Å². The van der Waals surface area contributed by atoms with Gasteiger partial charge >= 0.3 is 30.9 Å². The van der Waals surface area contributed by atoms with E-state index >= 15 is 0 Å². The molecule has 4 nitrogen and oxygen atoms in total. The number of benzene rings is 6. The highest BCUT2D eigenvalue weighted by Crippen LogP contribution is 2.43. The number of alkyl halides is 15. The van der Waals surface area contributed by atoms with Crippen LogP contribution in [0.5, 0.6) is 0 Å². The summed E-state index contributed by atoms with van der Waals surface area (Å²) in [6.07, 6.45) is -26.2. The molecule has 2 heterocycles. The molecule has 75 heavy (non-hydrogen) atoms. The minimum atomic E-state index is -5.20. The van der Waals surface area contributed by atoms with Gasteiger partial charge in [-0.2, -0.15) is 65.9 Å². The van der Waals surface area contributed by atoms with Gasteiger partial charge in [-0.1, -0.05) is 97.1 Å². The summed E-state index contributed by atoms with van der Waals surface area (Å²) in [5, 5.41) is 0.401. The lowest BCUT2D eigenvalue weighted by Gasteiger charge is -2.20. The Bertz CT molecular complexity index is 3640. The molecule has 0 aliphatic heterocycles. The number of nitrogens with zero attached hydrogens (tertiary/aromatic N) is 4. The van der Waals surface area contributed by atoms with Crippen LogP contribution in [0.3, 0.4) is 0 Å². The van der Waals surface area contributed by atoms with Gasteiger partial charge in [0.15, 0.2) is 17.5 Å². The van der Waals surface area contributed by atoms with Gasteiger partial charge in [0.05, 0.1) is 27.7 Å². The van der Waals surface area contributed by atoms with E-state index in [4.69, 9.17) is 15.0 Å². The summed E-state index contributed by atoms with van der Waals surface area (Å²) in [6.45, 7) is 0. The third-order valence-corrected chi connectivity index (χ3v) is 12.7. The fraction of sp³-hybridized carbons (Fsp3) is 0.125. The number of rotatable bonds is 5. The molecule has 2 aliphatic carbocycles. The predicted octanol–water partition coefficient (Wildman–Crippen LogP) is 15.7. The van der Waals surface area contributed by atoms with Crippen LogP contribution in [0.15, 0.2) is 186 Å². The smallest absolute Gasteiger partial charge is 0.309 e. The third kappa shape index (κ3) is 10.1. The average Bonchev–Trinajstić information content (AvgIpc) is 3.71. The van der Waals surface area contributed by atoms with E-state index in [2.05, 4.69) is 0 Å². The lowest BCUT2D eigenvalue weighted by atomic mass is 9.92. The zero-order chi connectivity index (χ0) is 53.4. The molecule has 8 aromatic rings. The van der Waals surface area contributed by atoms with E-state index in [1.807, 2.05) is 0 Å². The zero-order valence-electron chi connectivity index (χ0n) is 38.0. The quantitative estimate of drug-likeness (QED) is 0.161. The second-order valence-electron chi connectivity index (χ2n) is 17.6. The van der Waals surface area contributed by atoms with Crippen molar-refractivity contribution < 1.29 is 65.9 Å². The van der Waals surface area contributed by atoms with Gasteiger partial charge in [-0.15, -0.1) is 0 Å². The van der Waals surface area contributed by atoms with E-state index in [1.165, 1.54) is 71.3 Å². The Balaban J connectivity index is 1.29. The number of hydrogen-bond acceptors (Lipinski definition) is 3. The van der Waals surface area contributed by atoms with Crippen molar-refractivity contribution in [1.82, 2.24) is 19.5 Å². The summed E-state index contributed by atoms with van der Waals surface area (Å²) in [7, 11) is 0. The molecule has 0 saturated carbocycles. The van der Waals surface area contributed by atoms with Crippen LogP contribution in [-0.4, -0.2) is 44.2 Å². The average molecular weight is 1040 g/mol. The minimum Gasteiger partial charge on any atom is -0.309 e. The van der Waals surface area contributed by atoms with Crippen molar-refractivity contribution in [2.45, 2.75) is 43.7 Å². The van der Waals surface area contributed by atoms with Crippen LogP contribution in [0.25, 0.3) is 83.9 Å². The molecular weight excluding hydrogens is 1010 g/mol. The lowest BCUT2D eigenvalue weighted by Crippen LogP contribution is -2.21. The highest BCUT2D eigenvalue weighted by atomic mass is 19.4. The summed E-state index contributed by atoms with van der Waals surface area (Å²) < 4.78 is 214. The maximum Gasteiger partial charge on any atom is 0.416 e. The first-order chi connectivity index (χ1) is 35.3. The minimum absolute atomic E-state index is 0.0178. The second kappa shape index (κ2) is 18.3. The maximum absolute atomic E-state index is 14.2. The van der Waals surface area contributed by atoms with Crippen molar-refractivity contribution in [3.8, 4) is 51.0 Å². The SMILES string of the molecule is FC(F)(F)C1=CC(=c2ccc3c4ccc(=C5C=C(C(F)(F)F)C=C(C(F)(F)F)C5)cc4n(-c4ccc(-c5nc(-c6ccccc6)nc(-c6ccccc6)n5)c(-c5ccc(C(F)(F)F)cc5)c4)c3c2)CC(C(F)(F)F)=C1. The van der Waals surface area contributed by atoms with Crippen molar-refractivity contribution >= 4 is 33.0 Å². The third-order valence-electron chi connectivity index (χ3n) is 12.7. The molecular formula is C56H31F15N4. The van der Waals surface area contributed by atoms with Crippen LogP contribution in [0.1, 0.15) is 18.4 Å². The molecule has 380 valence electrons.